The fourth-order valence-corrected chi connectivity index (χ4v) is 2.15. The molecule has 1 amide bonds. The van der Waals surface area contributed by atoms with Crippen LogP contribution in [0.4, 0.5) is 5.69 Å². The van der Waals surface area contributed by atoms with Crippen LogP contribution in [0.3, 0.4) is 0 Å². The second-order valence-corrected chi connectivity index (χ2v) is 5.61. The van der Waals surface area contributed by atoms with E-state index in [9.17, 15) is 4.79 Å². The normalized spacial score (nSPS) is 10.7. The van der Waals surface area contributed by atoms with Crippen molar-refractivity contribution in [2.24, 2.45) is 0 Å². The predicted molar refractivity (Wildman–Crippen MR) is 90.1 cm³/mol. The lowest BCUT2D eigenvalue weighted by atomic mass is 10.0. The zero-order chi connectivity index (χ0) is 15.8. The molecule has 0 aromatic heterocycles. The first-order valence-electron chi connectivity index (χ1n) is 7.66. The maximum atomic E-state index is 11.8. The molecular weight excluding hydrogens is 274 g/mol. The SMILES string of the molecule is CC(C)c1ccc(NC(=O)COCCc2ccccc2)cc1. The lowest BCUT2D eigenvalue weighted by Gasteiger charge is -2.09. The Balaban J connectivity index is 1.69. The topological polar surface area (TPSA) is 38.3 Å². The number of nitrogens with one attached hydrogen (secondary N) is 1. The second kappa shape index (κ2) is 8.35. The Morgan fingerprint density at radius 1 is 1.05 bits per heavy atom. The molecule has 2 aromatic carbocycles. The van der Waals surface area contributed by atoms with Crippen LogP contribution in [0.2, 0.25) is 0 Å². The van der Waals surface area contributed by atoms with Gasteiger partial charge in [-0.3, -0.25) is 4.79 Å². The Kier molecular flexibility index (Phi) is 6.16. The summed E-state index contributed by atoms with van der Waals surface area (Å²) in [6, 6.07) is 18.0. The molecule has 2 rings (SSSR count). The Labute approximate surface area is 132 Å². The minimum Gasteiger partial charge on any atom is -0.371 e. The lowest BCUT2D eigenvalue weighted by Crippen LogP contribution is -2.19. The van der Waals surface area contributed by atoms with E-state index in [1.807, 2.05) is 42.5 Å². The van der Waals surface area contributed by atoms with Crippen molar-refractivity contribution in [2.75, 3.05) is 18.5 Å². The second-order valence-electron chi connectivity index (χ2n) is 5.61. The van der Waals surface area contributed by atoms with Crippen LogP contribution in [-0.2, 0) is 16.0 Å². The van der Waals surface area contributed by atoms with E-state index in [4.69, 9.17) is 4.74 Å². The molecule has 0 heterocycles. The van der Waals surface area contributed by atoms with Crippen molar-refractivity contribution < 1.29 is 9.53 Å². The van der Waals surface area contributed by atoms with E-state index < -0.39 is 0 Å². The van der Waals surface area contributed by atoms with Crippen LogP contribution < -0.4 is 5.32 Å². The van der Waals surface area contributed by atoms with Crippen molar-refractivity contribution in [3.63, 3.8) is 0 Å². The van der Waals surface area contributed by atoms with E-state index >= 15 is 0 Å². The molecule has 0 saturated heterocycles. The minimum atomic E-state index is -0.120. The number of anilines is 1. The Hall–Kier alpha value is -2.13. The maximum absolute atomic E-state index is 11.8. The first kappa shape index (κ1) is 16.2. The zero-order valence-corrected chi connectivity index (χ0v) is 13.2. The molecule has 0 unspecified atom stereocenters. The standard InChI is InChI=1S/C19H23NO2/c1-15(2)17-8-10-18(11-9-17)20-19(21)14-22-13-12-16-6-4-3-5-7-16/h3-11,15H,12-14H2,1-2H3,(H,20,21). The van der Waals surface area contributed by atoms with Gasteiger partial charge in [0.1, 0.15) is 6.61 Å². The smallest absolute Gasteiger partial charge is 0.250 e. The molecule has 3 nitrogen and oxygen atoms in total. The molecule has 1 N–H and O–H groups in total. The van der Waals surface area contributed by atoms with Crippen LogP contribution in [-0.4, -0.2) is 19.1 Å². The predicted octanol–water partition coefficient (Wildman–Crippen LogP) is 4.01. The van der Waals surface area contributed by atoms with Crippen LogP contribution >= 0.6 is 0 Å². The first-order valence-corrected chi connectivity index (χ1v) is 7.66. The van der Waals surface area contributed by atoms with Crippen molar-refractivity contribution in [2.45, 2.75) is 26.2 Å². The fraction of sp³-hybridized carbons (Fsp3) is 0.316. The van der Waals surface area contributed by atoms with Gasteiger partial charge in [-0.25, -0.2) is 0 Å². The van der Waals surface area contributed by atoms with Crippen molar-refractivity contribution in [1.29, 1.82) is 0 Å². The monoisotopic (exact) mass is 297 g/mol. The largest absolute Gasteiger partial charge is 0.371 e. The molecule has 0 aliphatic carbocycles. The molecule has 0 spiro atoms. The van der Waals surface area contributed by atoms with E-state index in [1.165, 1.54) is 11.1 Å². The maximum Gasteiger partial charge on any atom is 0.250 e. The van der Waals surface area contributed by atoms with Gasteiger partial charge >= 0.3 is 0 Å². The third kappa shape index (κ3) is 5.34. The molecule has 0 atom stereocenters. The van der Waals surface area contributed by atoms with Crippen LogP contribution in [0.1, 0.15) is 30.9 Å². The van der Waals surface area contributed by atoms with Gasteiger partial charge in [-0.2, -0.15) is 0 Å². The molecule has 0 radical (unpaired) electrons. The summed E-state index contributed by atoms with van der Waals surface area (Å²) in [6.07, 6.45) is 0.817. The Bertz CT molecular complexity index is 576. The van der Waals surface area contributed by atoms with Crippen molar-refractivity contribution in [1.82, 2.24) is 0 Å². The highest BCUT2D eigenvalue weighted by Crippen LogP contribution is 2.16. The van der Waals surface area contributed by atoms with Gasteiger partial charge in [0.2, 0.25) is 5.91 Å². The molecule has 0 aliphatic rings. The summed E-state index contributed by atoms with van der Waals surface area (Å²) >= 11 is 0. The zero-order valence-electron chi connectivity index (χ0n) is 13.2. The van der Waals surface area contributed by atoms with E-state index in [0.717, 1.165) is 12.1 Å². The molecule has 22 heavy (non-hydrogen) atoms. The van der Waals surface area contributed by atoms with Gasteiger partial charge in [0.25, 0.3) is 0 Å². The van der Waals surface area contributed by atoms with Crippen LogP contribution in [0, 0.1) is 0 Å². The molecule has 0 saturated carbocycles. The average Bonchev–Trinajstić information content (AvgIpc) is 2.53. The van der Waals surface area contributed by atoms with Crippen LogP contribution in [0.5, 0.6) is 0 Å². The highest BCUT2D eigenvalue weighted by molar-refractivity contribution is 5.91. The molecule has 116 valence electrons. The number of rotatable bonds is 7. The van der Waals surface area contributed by atoms with Crippen molar-refractivity contribution in [3.8, 4) is 0 Å². The summed E-state index contributed by atoms with van der Waals surface area (Å²) in [5, 5.41) is 2.84. The van der Waals surface area contributed by atoms with E-state index in [2.05, 4.69) is 31.3 Å². The van der Waals surface area contributed by atoms with Crippen LogP contribution in [0.25, 0.3) is 0 Å². The van der Waals surface area contributed by atoms with Crippen molar-refractivity contribution in [3.05, 3.63) is 65.7 Å². The molecule has 3 heteroatoms. The van der Waals surface area contributed by atoms with Gasteiger partial charge in [-0.1, -0.05) is 56.3 Å². The number of ether oxygens (including phenoxy) is 1. The number of hydrogen-bond donors (Lipinski definition) is 1. The summed E-state index contributed by atoms with van der Waals surface area (Å²) in [5.74, 6) is 0.372. The number of benzene rings is 2. The fourth-order valence-electron chi connectivity index (χ4n) is 2.15. The lowest BCUT2D eigenvalue weighted by molar-refractivity contribution is -0.120. The van der Waals surface area contributed by atoms with Gasteiger partial charge in [0.15, 0.2) is 0 Å². The van der Waals surface area contributed by atoms with E-state index in [-0.39, 0.29) is 12.5 Å². The minimum absolute atomic E-state index is 0.0821. The van der Waals surface area contributed by atoms with E-state index in [1.54, 1.807) is 0 Å². The van der Waals surface area contributed by atoms with Gasteiger partial charge in [-0.15, -0.1) is 0 Å². The highest BCUT2D eigenvalue weighted by atomic mass is 16.5. The van der Waals surface area contributed by atoms with Gasteiger partial charge in [0.05, 0.1) is 6.61 Å². The Morgan fingerprint density at radius 2 is 1.73 bits per heavy atom. The third-order valence-corrected chi connectivity index (χ3v) is 3.47. The Morgan fingerprint density at radius 3 is 2.36 bits per heavy atom. The number of amides is 1. The summed E-state index contributed by atoms with van der Waals surface area (Å²) in [6.45, 7) is 4.92. The van der Waals surface area contributed by atoms with Gasteiger partial charge in [-0.05, 0) is 35.6 Å². The van der Waals surface area contributed by atoms with Crippen LogP contribution in [0.15, 0.2) is 54.6 Å². The van der Waals surface area contributed by atoms with Crippen molar-refractivity contribution >= 4 is 11.6 Å². The number of carbonyl (C=O) groups excluding carboxylic acids is 1. The average molecular weight is 297 g/mol. The summed E-state index contributed by atoms with van der Waals surface area (Å²) in [5.41, 5.74) is 3.28. The summed E-state index contributed by atoms with van der Waals surface area (Å²) in [7, 11) is 0. The summed E-state index contributed by atoms with van der Waals surface area (Å²) in [4.78, 5) is 11.8. The van der Waals surface area contributed by atoms with Gasteiger partial charge in [0, 0.05) is 5.69 Å². The molecule has 0 fully saturated rings. The highest BCUT2D eigenvalue weighted by Gasteiger charge is 2.04. The quantitative estimate of drug-likeness (QED) is 0.784. The molecule has 0 aliphatic heterocycles. The van der Waals surface area contributed by atoms with Gasteiger partial charge < -0.3 is 10.1 Å². The molecule has 2 aromatic rings. The summed E-state index contributed by atoms with van der Waals surface area (Å²) < 4.78 is 5.42. The number of carbonyl (C=O) groups is 1. The first-order chi connectivity index (χ1) is 10.6. The molecular formula is C19H23NO2. The van der Waals surface area contributed by atoms with E-state index in [0.29, 0.717) is 12.5 Å². The molecule has 0 bridgehead atoms. The third-order valence-electron chi connectivity index (χ3n) is 3.47. The number of hydrogen-bond acceptors (Lipinski definition) is 2.